The van der Waals surface area contributed by atoms with Gasteiger partial charge in [-0.15, -0.1) is 0 Å². The number of hydrogen-bond acceptors (Lipinski definition) is 15. The molecule has 0 heterocycles. The molecule has 19 heteroatoms. The Morgan fingerprint density at radius 3 is 0.829 bits per heavy atom. The minimum Gasteiger partial charge on any atom is -0.462 e. The summed E-state index contributed by atoms with van der Waals surface area (Å²) in [5.74, 6) is 0.0222. The van der Waals surface area contributed by atoms with Crippen molar-refractivity contribution in [2.45, 2.75) is 324 Å². The van der Waals surface area contributed by atoms with Crippen LogP contribution in [0.3, 0.4) is 0 Å². The molecule has 0 fully saturated rings. The van der Waals surface area contributed by atoms with Gasteiger partial charge in [0.1, 0.15) is 19.3 Å². The van der Waals surface area contributed by atoms with Crippen molar-refractivity contribution in [3.63, 3.8) is 0 Å². The number of phosphoric ester groups is 2. The van der Waals surface area contributed by atoms with E-state index in [2.05, 4.69) is 48.5 Å². The lowest BCUT2D eigenvalue weighted by Crippen LogP contribution is -2.30. The third-order valence-electron chi connectivity index (χ3n) is 14.4. The summed E-state index contributed by atoms with van der Waals surface area (Å²) in [5.41, 5.74) is 0. The summed E-state index contributed by atoms with van der Waals surface area (Å²) in [4.78, 5) is 72.1. The highest BCUT2D eigenvalue weighted by Gasteiger charge is 2.30. The zero-order chi connectivity index (χ0) is 61.0. The van der Waals surface area contributed by atoms with Crippen molar-refractivity contribution < 1.29 is 80.2 Å². The second-order valence-corrected chi connectivity index (χ2v) is 27.1. The van der Waals surface area contributed by atoms with Gasteiger partial charge in [-0.3, -0.25) is 37.3 Å². The molecule has 0 aliphatic carbocycles. The number of ether oxygens (including phenoxy) is 4. The van der Waals surface area contributed by atoms with Gasteiger partial charge in [0.25, 0.3) is 0 Å². The van der Waals surface area contributed by atoms with E-state index in [1.807, 2.05) is 0 Å². The third-order valence-corrected chi connectivity index (χ3v) is 16.3. The van der Waals surface area contributed by atoms with Gasteiger partial charge in [0.05, 0.1) is 26.4 Å². The molecule has 0 saturated heterocycles. The molecule has 3 N–H and O–H groups in total. The zero-order valence-corrected chi connectivity index (χ0v) is 54.7. The third kappa shape index (κ3) is 57.2. The lowest BCUT2D eigenvalue weighted by Gasteiger charge is -2.21. The number of esters is 4. The minimum atomic E-state index is -4.94. The van der Waals surface area contributed by atoms with Crippen LogP contribution in [0.4, 0.5) is 0 Å². The largest absolute Gasteiger partial charge is 0.472 e. The van der Waals surface area contributed by atoms with Crippen LogP contribution in [0, 0.1) is 17.8 Å². The quantitative estimate of drug-likeness (QED) is 0.0222. The van der Waals surface area contributed by atoms with Gasteiger partial charge in [0.15, 0.2) is 12.2 Å². The van der Waals surface area contributed by atoms with E-state index < -0.39 is 97.5 Å². The minimum absolute atomic E-state index is 0.101. The van der Waals surface area contributed by atoms with E-state index in [4.69, 9.17) is 37.0 Å². The molecule has 0 aromatic carbocycles. The summed E-state index contributed by atoms with van der Waals surface area (Å²) in [6.45, 7) is 11.6. The van der Waals surface area contributed by atoms with E-state index in [1.165, 1.54) is 109 Å². The Kier molecular flexibility index (Phi) is 53.2. The number of unbranched alkanes of at least 4 members (excludes halogenated alkanes) is 29. The van der Waals surface area contributed by atoms with E-state index in [0.29, 0.717) is 31.6 Å². The van der Waals surface area contributed by atoms with E-state index >= 15 is 0 Å². The molecule has 0 aromatic rings. The van der Waals surface area contributed by atoms with Gasteiger partial charge in [0.2, 0.25) is 0 Å². The van der Waals surface area contributed by atoms with E-state index in [9.17, 15) is 43.2 Å². The number of rotatable bonds is 61. The highest BCUT2D eigenvalue weighted by Crippen LogP contribution is 2.45. The Bertz CT molecular complexity index is 1630. The van der Waals surface area contributed by atoms with Gasteiger partial charge in [-0.2, -0.15) is 0 Å². The number of phosphoric acid groups is 2. The van der Waals surface area contributed by atoms with Crippen LogP contribution in [-0.2, 0) is 65.4 Å². The molecule has 0 amide bonds. The highest BCUT2D eigenvalue weighted by atomic mass is 31.2. The Hall–Kier alpha value is -1.94. The van der Waals surface area contributed by atoms with E-state index in [1.54, 1.807) is 0 Å². The predicted molar refractivity (Wildman–Crippen MR) is 326 cm³/mol. The maximum absolute atomic E-state index is 13.0. The SMILES string of the molecule is CCCCCCCCCCC(=O)OC[C@H](COP(=O)(O)OC[C@H](O)COP(=O)(O)OC[C@@H](COC(=O)CCCCCCCCCCCC(C)C)OC(=O)CCCCCCCCCCCCC(C)C)OC(=O)CCCCCCCCC(C)C. The standard InChI is InChI=1S/C63H122O17P2/c1-8-9-10-11-12-22-30-37-44-60(65)73-51-59(80-63(68)47-40-33-26-25-29-36-43-56(6)7)53-78-82(71,72)76-49-57(64)48-75-81(69,70)77-52-58(50-74-61(66)45-38-31-23-19-15-17-21-28-35-42-55(4)5)79-62(67)46-39-32-24-18-14-13-16-20-27-34-41-54(2)3/h54-59,64H,8-53H2,1-7H3,(H,69,70)(H,71,72)/t57-,58-,59-/m1/s1. The van der Waals surface area contributed by atoms with Crippen molar-refractivity contribution >= 4 is 39.5 Å². The first-order chi connectivity index (χ1) is 39.2. The first kappa shape index (κ1) is 80.1. The Morgan fingerprint density at radius 1 is 0.329 bits per heavy atom. The van der Waals surface area contributed by atoms with E-state index in [0.717, 1.165) is 108 Å². The van der Waals surface area contributed by atoms with Crippen LogP contribution in [0.2, 0.25) is 0 Å². The van der Waals surface area contributed by atoms with Gasteiger partial charge < -0.3 is 33.8 Å². The smallest absolute Gasteiger partial charge is 0.462 e. The monoisotopic (exact) mass is 1210 g/mol. The highest BCUT2D eigenvalue weighted by molar-refractivity contribution is 7.47. The lowest BCUT2D eigenvalue weighted by molar-refractivity contribution is -0.161. The fourth-order valence-electron chi connectivity index (χ4n) is 9.30. The lowest BCUT2D eigenvalue weighted by atomic mass is 10.0. The predicted octanol–water partition coefficient (Wildman–Crippen LogP) is 17.1. The van der Waals surface area contributed by atoms with Crippen LogP contribution in [0.5, 0.6) is 0 Å². The van der Waals surface area contributed by atoms with Crippen LogP contribution >= 0.6 is 15.6 Å². The summed E-state index contributed by atoms with van der Waals surface area (Å²) in [5, 5.41) is 10.5. The number of aliphatic hydroxyl groups is 1. The number of carbonyl (C=O) groups is 4. The number of aliphatic hydroxyl groups excluding tert-OH is 1. The molecule has 2 unspecified atom stereocenters. The van der Waals surface area contributed by atoms with Crippen molar-refractivity contribution in [1.82, 2.24) is 0 Å². The van der Waals surface area contributed by atoms with Crippen molar-refractivity contribution in [2.24, 2.45) is 17.8 Å². The molecule has 0 rings (SSSR count). The molecule has 82 heavy (non-hydrogen) atoms. The Morgan fingerprint density at radius 2 is 0.561 bits per heavy atom. The van der Waals surface area contributed by atoms with Gasteiger partial charge in [0, 0.05) is 25.7 Å². The summed E-state index contributed by atoms with van der Waals surface area (Å²) < 4.78 is 67.9. The van der Waals surface area contributed by atoms with Crippen LogP contribution in [0.25, 0.3) is 0 Å². The molecular weight excluding hydrogens is 1090 g/mol. The summed E-state index contributed by atoms with van der Waals surface area (Å²) in [7, 11) is -9.88. The van der Waals surface area contributed by atoms with Crippen molar-refractivity contribution in [1.29, 1.82) is 0 Å². The topological polar surface area (TPSA) is 237 Å². The summed E-state index contributed by atoms with van der Waals surface area (Å²) >= 11 is 0. The number of hydrogen-bond donors (Lipinski definition) is 3. The molecule has 5 atom stereocenters. The normalized spacial score (nSPS) is 14.4. The fraction of sp³-hybridized carbons (Fsp3) is 0.937. The van der Waals surface area contributed by atoms with Gasteiger partial charge in [-0.1, -0.05) is 254 Å². The zero-order valence-electron chi connectivity index (χ0n) is 52.9. The van der Waals surface area contributed by atoms with Gasteiger partial charge >= 0.3 is 39.5 Å². The molecule has 0 radical (unpaired) electrons. The first-order valence-electron chi connectivity index (χ1n) is 32.8. The van der Waals surface area contributed by atoms with Crippen molar-refractivity contribution in [2.75, 3.05) is 39.6 Å². The van der Waals surface area contributed by atoms with Crippen LogP contribution < -0.4 is 0 Å². The van der Waals surface area contributed by atoms with Crippen LogP contribution in [0.15, 0.2) is 0 Å². The molecule has 0 aliphatic rings. The maximum atomic E-state index is 13.0. The molecule has 0 bridgehead atoms. The van der Waals surface area contributed by atoms with Crippen molar-refractivity contribution in [3.05, 3.63) is 0 Å². The molecular formula is C63H122O17P2. The van der Waals surface area contributed by atoms with E-state index in [-0.39, 0.29) is 25.7 Å². The Labute approximate surface area is 498 Å². The first-order valence-corrected chi connectivity index (χ1v) is 35.8. The molecule has 0 aromatic heterocycles. The average Bonchev–Trinajstić information content (AvgIpc) is 3.42. The molecule has 17 nitrogen and oxygen atoms in total. The summed E-state index contributed by atoms with van der Waals surface area (Å²) in [6, 6.07) is 0. The average molecular weight is 1210 g/mol. The molecule has 0 saturated carbocycles. The van der Waals surface area contributed by atoms with Crippen LogP contribution in [-0.4, -0.2) is 96.7 Å². The Balaban J connectivity index is 5.23. The fourth-order valence-corrected chi connectivity index (χ4v) is 10.9. The second kappa shape index (κ2) is 54.5. The van der Waals surface area contributed by atoms with Crippen molar-refractivity contribution in [3.8, 4) is 0 Å². The molecule has 0 spiro atoms. The summed E-state index contributed by atoms with van der Waals surface area (Å²) in [6.07, 6.45) is 35.0. The molecule has 0 aliphatic heterocycles. The second-order valence-electron chi connectivity index (χ2n) is 24.2. The van der Waals surface area contributed by atoms with Crippen LogP contribution in [0.1, 0.15) is 305 Å². The van der Waals surface area contributed by atoms with Gasteiger partial charge in [-0.05, 0) is 43.4 Å². The maximum Gasteiger partial charge on any atom is 0.472 e. The van der Waals surface area contributed by atoms with Gasteiger partial charge in [-0.25, -0.2) is 9.13 Å². The molecule has 486 valence electrons. The number of carbonyl (C=O) groups excluding carboxylic acids is 4.